The summed E-state index contributed by atoms with van der Waals surface area (Å²) in [6, 6.07) is 7.94. The van der Waals surface area contributed by atoms with E-state index in [1.807, 2.05) is 37.5 Å². The fourth-order valence-electron chi connectivity index (χ4n) is 3.16. The second kappa shape index (κ2) is 6.80. The molecular formula is C19H17N5O2S. The Hall–Kier alpha value is -2.68. The Labute approximate surface area is 159 Å². The highest BCUT2D eigenvalue weighted by Gasteiger charge is 2.23. The molecule has 0 bridgehead atoms. The Morgan fingerprint density at radius 3 is 2.81 bits per heavy atom. The molecule has 4 aromatic rings. The molecule has 0 atom stereocenters. The van der Waals surface area contributed by atoms with Gasteiger partial charge in [-0.15, -0.1) is 10.2 Å². The zero-order valence-corrected chi connectivity index (χ0v) is 15.5. The molecule has 0 spiro atoms. The Morgan fingerprint density at radius 1 is 1.15 bits per heavy atom. The highest BCUT2D eigenvalue weighted by Crippen LogP contribution is 2.34. The van der Waals surface area contributed by atoms with Crippen LogP contribution in [-0.2, 0) is 16.5 Å². The Morgan fingerprint density at radius 2 is 2.00 bits per heavy atom. The summed E-state index contributed by atoms with van der Waals surface area (Å²) in [5, 5.41) is 11.3. The molecule has 0 aliphatic carbocycles. The predicted octanol–water partition coefficient (Wildman–Crippen LogP) is 3.59. The van der Waals surface area contributed by atoms with E-state index < -0.39 is 6.29 Å². The average Bonchev–Trinajstić information content (AvgIpc) is 3.36. The lowest BCUT2D eigenvalue weighted by atomic mass is 10.2. The lowest BCUT2D eigenvalue weighted by Crippen LogP contribution is -2.19. The fraction of sp³-hybridized carbons (Fsp3) is 0.263. The van der Waals surface area contributed by atoms with Crippen molar-refractivity contribution in [1.82, 2.24) is 24.7 Å². The average molecular weight is 379 g/mol. The number of pyridine rings is 2. The molecule has 27 heavy (non-hydrogen) atoms. The van der Waals surface area contributed by atoms with Gasteiger partial charge in [0.1, 0.15) is 16.4 Å². The number of nitrogens with zero attached hydrogens (tertiary/aromatic N) is 5. The zero-order chi connectivity index (χ0) is 18.2. The van der Waals surface area contributed by atoms with Crippen molar-refractivity contribution in [2.75, 3.05) is 13.2 Å². The maximum absolute atomic E-state index is 5.81. The van der Waals surface area contributed by atoms with Crippen LogP contribution in [0.1, 0.15) is 18.4 Å². The molecule has 5 rings (SSSR count). The lowest BCUT2D eigenvalue weighted by molar-refractivity contribution is -0.184. The van der Waals surface area contributed by atoms with E-state index in [0.717, 1.165) is 44.3 Å². The Bertz CT molecular complexity index is 1090. The zero-order valence-electron chi connectivity index (χ0n) is 14.7. The van der Waals surface area contributed by atoms with E-state index in [1.54, 1.807) is 12.4 Å². The van der Waals surface area contributed by atoms with Crippen LogP contribution in [-0.4, -0.2) is 37.9 Å². The summed E-state index contributed by atoms with van der Waals surface area (Å²) in [4.78, 5) is 8.99. The molecule has 1 saturated heterocycles. The molecule has 4 aromatic heterocycles. The predicted molar refractivity (Wildman–Crippen MR) is 102 cm³/mol. The lowest BCUT2D eigenvalue weighted by Gasteiger charge is -2.23. The van der Waals surface area contributed by atoms with Gasteiger partial charge in [0.15, 0.2) is 5.01 Å². The van der Waals surface area contributed by atoms with Crippen molar-refractivity contribution in [2.45, 2.75) is 12.7 Å². The number of hydrogen-bond acceptors (Lipinski definition) is 7. The topological polar surface area (TPSA) is 75.0 Å². The number of rotatable bonds is 3. The Balaban J connectivity index is 1.61. The van der Waals surface area contributed by atoms with Gasteiger partial charge in [-0.3, -0.25) is 4.98 Å². The van der Waals surface area contributed by atoms with Gasteiger partial charge in [0.2, 0.25) is 6.29 Å². The number of aromatic nitrogens is 5. The van der Waals surface area contributed by atoms with Crippen molar-refractivity contribution in [2.24, 2.45) is 7.05 Å². The number of hydrogen-bond donors (Lipinski definition) is 0. The van der Waals surface area contributed by atoms with Gasteiger partial charge in [-0.1, -0.05) is 11.3 Å². The molecule has 7 nitrogen and oxygen atoms in total. The molecule has 5 heterocycles. The van der Waals surface area contributed by atoms with Crippen LogP contribution in [0.15, 0.2) is 42.9 Å². The van der Waals surface area contributed by atoms with Crippen LogP contribution < -0.4 is 0 Å². The van der Waals surface area contributed by atoms with Gasteiger partial charge in [-0.2, -0.15) is 0 Å². The molecule has 0 unspecified atom stereocenters. The summed E-state index contributed by atoms with van der Waals surface area (Å²) in [7, 11) is 2.01. The highest BCUT2D eigenvalue weighted by atomic mass is 32.1. The molecule has 1 fully saturated rings. The van der Waals surface area contributed by atoms with Gasteiger partial charge >= 0.3 is 0 Å². The first-order chi connectivity index (χ1) is 13.3. The second-order valence-corrected chi connectivity index (χ2v) is 7.31. The van der Waals surface area contributed by atoms with Gasteiger partial charge in [0.25, 0.3) is 0 Å². The van der Waals surface area contributed by atoms with Gasteiger partial charge in [-0.25, -0.2) is 4.98 Å². The molecule has 0 N–H and O–H groups in total. The largest absolute Gasteiger partial charge is 0.350 e. The van der Waals surface area contributed by atoms with Crippen LogP contribution in [0.5, 0.6) is 0 Å². The van der Waals surface area contributed by atoms with Crippen molar-refractivity contribution in [3.05, 3.63) is 48.5 Å². The van der Waals surface area contributed by atoms with Crippen molar-refractivity contribution in [3.63, 3.8) is 0 Å². The van der Waals surface area contributed by atoms with E-state index in [4.69, 9.17) is 14.5 Å². The van der Waals surface area contributed by atoms with E-state index in [1.165, 1.54) is 11.3 Å². The van der Waals surface area contributed by atoms with Crippen LogP contribution in [0, 0.1) is 0 Å². The standard InChI is InChI=1S/C19H17N5O2S/c1-24-7-5-13-15(24)10-14(21-16(13)19-25-8-3-9-26-19)18-23-22-17(27-18)12-4-2-6-20-11-12/h2,4-7,10-11,19H,3,8-9H2,1H3. The van der Waals surface area contributed by atoms with Gasteiger partial charge in [0, 0.05) is 36.6 Å². The molecule has 0 radical (unpaired) electrons. The normalized spacial score (nSPS) is 15.4. The quantitative estimate of drug-likeness (QED) is 0.541. The minimum atomic E-state index is -0.450. The monoisotopic (exact) mass is 379 g/mol. The minimum Gasteiger partial charge on any atom is -0.350 e. The van der Waals surface area contributed by atoms with E-state index in [9.17, 15) is 0 Å². The maximum atomic E-state index is 5.81. The minimum absolute atomic E-state index is 0.450. The summed E-state index contributed by atoms with van der Waals surface area (Å²) in [5.74, 6) is 0. The van der Waals surface area contributed by atoms with Crippen LogP contribution in [0.4, 0.5) is 0 Å². The first-order valence-corrected chi connectivity index (χ1v) is 9.55. The number of ether oxygens (including phenoxy) is 2. The fourth-order valence-corrected chi connectivity index (χ4v) is 3.95. The van der Waals surface area contributed by atoms with Crippen LogP contribution in [0.2, 0.25) is 0 Å². The molecule has 0 aromatic carbocycles. The molecule has 0 amide bonds. The third-order valence-corrected chi connectivity index (χ3v) is 5.51. The maximum Gasteiger partial charge on any atom is 0.201 e. The van der Waals surface area contributed by atoms with Crippen molar-refractivity contribution >= 4 is 22.2 Å². The van der Waals surface area contributed by atoms with Crippen LogP contribution >= 0.6 is 11.3 Å². The Kier molecular flexibility index (Phi) is 4.16. The van der Waals surface area contributed by atoms with Crippen molar-refractivity contribution in [3.8, 4) is 21.3 Å². The highest BCUT2D eigenvalue weighted by molar-refractivity contribution is 7.17. The molecule has 0 saturated carbocycles. The summed E-state index contributed by atoms with van der Waals surface area (Å²) >= 11 is 1.50. The third-order valence-electron chi connectivity index (χ3n) is 4.51. The molecular weight excluding hydrogens is 362 g/mol. The third kappa shape index (κ3) is 3.01. The van der Waals surface area contributed by atoms with Gasteiger partial charge in [-0.05, 0) is 30.7 Å². The van der Waals surface area contributed by atoms with Crippen molar-refractivity contribution in [1.29, 1.82) is 0 Å². The molecule has 136 valence electrons. The van der Waals surface area contributed by atoms with Crippen LogP contribution in [0.3, 0.4) is 0 Å². The molecule has 8 heteroatoms. The van der Waals surface area contributed by atoms with E-state index in [-0.39, 0.29) is 0 Å². The first kappa shape index (κ1) is 16.5. The van der Waals surface area contributed by atoms with E-state index >= 15 is 0 Å². The van der Waals surface area contributed by atoms with E-state index in [2.05, 4.69) is 19.7 Å². The number of fused-ring (bicyclic) bond motifs is 1. The van der Waals surface area contributed by atoms with Crippen molar-refractivity contribution < 1.29 is 9.47 Å². The second-order valence-electron chi connectivity index (χ2n) is 6.33. The van der Waals surface area contributed by atoms with Crippen LogP contribution in [0.25, 0.3) is 32.2 Å². The first-order valence-electron chi connectivity index (χ1n) is 8.73. The molecule has 1 aliphatic rings. The summed E-state index contributed by atoms with van der Waals surface area (Å²) in [5.41, 5.74) is 3.57. The van der Waals surface area contributed by atoms with E-state index in [0.29, 0.717) is 13.2 Å². The van der Waals surface area contributed by atoms with Gasteiger partial charge in [0.05, 0.1) is 18.7 Å². The summed E-state index contributed by atoms with van der Waals surface area (Å²) < 4.78 is 13.7. The van der Waals surface area contributed by atoms with Gasteiger partial charge < -0.3 is 14.0 Å². The SMILES string of the molecule is Cn1ccc2c(C3OCCCO3)nc(-c3nnc(-c4cccnc4)s3)cc21. The molecule has 1 aliphatic heterocycles. The summed E-state index contributed by atoms with van der Waals surface area (Å²) in [6.45, 7) is 1.35. The smallest absolute Gasteiger partial charge is 0.201 e. The summed E-state index contributed by atoms with van der Waals surface area (Å²) in [6.07, 6.45) is 6.00. The number of aryl methyl sites for hydroxylation is 1.